The van der Waals surface area contributed by atoms with Gasteiger partial charge in [-0.15, -0.1) is 0 Å². The second kappa shape index (κ2) is 19.1. The molecule has 0 aliphatic heterocycles. The van der Waals surface area contributed by atoms with Crippen molar-refractivity contribution in [1.29, 1.82) is 0 Å². The van der Waals surface area contributed by atoms with Crippen LogP contribution in [-0.2, 0) is 9.88 Å². The molecule has 0 amide bonds. The molecule has 0 aromatic heterocycles. The zero-order valence-electron chi connectivity index (χ0n) is 9.51. The first kappa shape index (κ1) is 26.4. The number of rotatable bonds is 3. The highest BCUT2D eigenvalue weighted by atomic mass is 19.3. The summed E-state index contributed by atoms with van der Waals surface area (Å²) in [5.41, 5.74) is 0. The number of alkyl halides is 5. The SMILES string of the molecule is CC(F)(CF)OF.CF.FCF.FOC(F)=C(F)F. The number of hydrogen-bond donors (Lipinski definition) is 0. The molecule has 120 valence electrons. The highest BCUT2D eigenvalue weighted by molar-refractivity contribution is 4.78. The first-order valence-electron chi connectivity index (χ1n) is 3.76. The standard InChI is InChI=1S/C3H5F3O.C2F4O.CH2F2.CH3F/c1-3(5,2-4)7-6;3-1(4)2(5)7-6;2-1-3;1-2/h2H2,1H3;;1H2;1H3. The van der Waals surface area contributed by atoms with Crippen LogP contribution in [0.3, 0.4) is 0 Å². The Hall–Kier alpha value is -1.20. The fraction of sp³-hybridized carbons (Fsp3) is 0.714. The molecule has 0 N–H and O–H groups in total. The molecule has 0 fully saturated rings. The van der Waals surface area contributed by atoms with Crippen molar-refractivity contribution in [2.45, 2.75) is 12.8 Å². The molecule has 0 aromatic rings. The van der Waals surface area contributed by atoms with Crippen molar-refractivity contribution in [1.82, 2.24) is 0 Å². The van der Waals surface area contributed by atoms with Gasteiger partial charge in [-0.25, -0.2) is 17.6 Å². The second-order valence-corrected chi connectivity index (χ2v) is 2.02. The van der Waals surface area contributed by atoms with E-state index in [-0.39, 0.29) is 0 Å². The first-order chi connectivity index (χ1) is 8.72. The summed E-state index contributed by atoms with van der Waals surface area (Å²) in [7, 11) is 0.500. The van der Waals surface area contributed by atoms with Gasteiger partial charge in [0.1, 0.15) is 0 Å². The third-order valence-electron chi connectivity index (χ3n) is 0.616. The molecule has 19 heavy (non-hydrogen) atoms. The van der Waals surface area contributed by atoms with Crippen LogP contribution in [0.4, 0.5) is 44.2 Å². The predicted molar refractivity (Wildman–Crippen MR) is 44.3 cm³/mol. The number of hydrogen-bond acceptors (Lipinski definition) is 2. The molecule has 1 atom stereocenters. The van der Waals surface area contributed by atoms with Crippen LogP contribution in [0.25, 0.3) is 0 Å². The maximum atomic E-state index is 11.6. The van der Waals surface area contributed by atoms with Gasteiger partial charge in [-0.05, 0) is 4.53 Å². The Morgan fingerprint density at radius 2 is 1.32 bits per heavy atom. The van der Waals surface area contributed by atoms with Gasteiger partial charge in [0.25, 0.3) is 5.85 Å². The molecule has 0 radical (unpaired) electrons. The van der Waals surface area contributed by atoms with Crippen molar-refractivity contribution >= 4 is 0 Å². The Morgan fingerprint density at radius 3 is 1.32 bits per heavy atom. The minimum absolute atomic E-state index is 0.500. The van der Waals surface area contributed by atoms with Gasteiger partial charge in [0, 0.05) is 11.4 Å². The van der Waals surface area contributed by atoms with E-state index in [1.165, 1.54) is 0 Å². The lowest BCUT2D eigenvalue weighted by atomic mass is 10.4. The molecule has 0 bridgehead atoms. The van der Waals surface area contributed by atoms with Crippen LogP contribution in [0.2, 0.25) is 0 Å². The van der Waals surface area contributed by atoms with E-state index in [1.54, 1.807) is 0 Å². The normalized spacial score (nSPS) is 11.2. The van der Waals surface area contributed by atoms with E-state index in [2.05, 4.69) is 4.94 Å². The largest absolute Gasteiger partial charge is 0.382 e. The summed E-state index contributed by atoms with van der Waals surface area (Å²) in [6.45, 7) is -2.56. The lowest BCUT2D eigenvalue weighted by Gasteiger charge is -2.06. The minimum atomic E-state index is -2.80. The molecular formula is C7H10F10O2. The highest BCUT2D eigenvalue weighted by Gasteiger charge is 2.24. The lowest BCUT2D eigenvalue weighted by molar-refractivity contribution is -0.289. The maximum absolute atomic E-state index is 11.6. The molecule has 0 aliphatic rings. The van der Waals surface area contributed by atoms with Gasteiger partial charge >= 0.3 is 12.1 Å². The van der Waals surface area contributed by atoms with Crippen LogP contribution < -0.4 is 0 Å². The fourth-order valence-electron chi connectivity index (χ4n) is 0.0498. The summed E-state index contributed by atoms with van der Waals surface area (Å²) in [6.07, 6.45) is -2.80. The summed E-state index contributed by atoms with van der Waals surface area (Å²) in [5.74, 6) is -2.75. The van der Waals surface area contributed by atoms with Gasteiger partial charge in [0.2, 0.25) is 6.93 Å². The van der Waals surface area contributed by atoms with Crippen molar-refractivity contribution < 1.29 is 54.1 Å². The van der Waals surface area contributed by atoms with Gasteiger partial charge in [-0.1, -0.05) is 0 Å². The van der Waals surface area contributed by atoms with Crippen molar-refractivity contribution in [2.24, 2.45) is 0 Å². The molecule has 0 saturated heterocycles. The van der Waals surface area contributed by atoms with Crippen molar-refractivity contribution in [3.05, 3.63) is 12.1 Å². The van der Waals surface area contributed by atoms with E-state index in [4.69, 9.17) is 0 Å². The van der Waals surface area contributed by atoms with Gasteiger partial charge in [-0.3, -0.25) is 9.33 Å². The van der Waals surface area contributed by atoms with E-state index >= 15 is 0 Å². The monoisotopic (exact) mass is 316 g/mol. The van der Waals surface area contributed by atoms with Gasteiger partial charge in [0.15, 0.2) is 6.67 Å². The summed E-state index contributed by atoms with van der Waals surface area (Å²) in [5, 5.41) is 0. The zero-order chi connectivity index (χ0) is 16.5. The zero-order valence-corrected chi connectivity index (χ0v) is 9.51. The molecule has 0 rings (SSSR count). The van der Waals surface area contributed by atoms with Crippen LogP contribution >= 0.6 is 0 Å². The molecule has 12 heteroatoms. The highest BCUT2D eigenvalue weighted by Crippen LogP contribution is 2.11. The van der Waals surface area contributed by atoms with E-state index in [1.807, 2.05) is 4.94 Å². The van der Waals surface area contributed by atoms with Gasteiger partial charge in [0.05, 0.1) is 7.18 Å². The van der Waals surface area contributed by atoms with E-state index in [0.29, 0.717) is 14.1 Å². The Morgan fingerprint density at radius 1 is 1.00 bits per heavy atom. The maximum Gasteiger partial charge on any atom is 0.382 e. The van der Waals surface area contributed by atoms with Crippen LogP contribution in [0.1, 0.15) is 6.92 Å². The van der Waals surface area contributed by atoms with Crippen LogP contribution in [0.5, 0.6) is 0 Å². The summed E-state index contributed by atoms with van der Waals surface area (Å²) in [4.78, 5) is 4.52. The quantitative estimate of drug-likeness (QED) is 0.543. The molecule has 0 aromatic carbocycles. The molecular weight excluding hydrogens is 306 g/mol. The molecule has 0 aliphatic carbocycles. The minimum Gasteiger partial charge on any atom is -0.257 e. The summed E-state index contributed by atoms with van der Waals surface area (Å²) < 4.78 is 104. The molecule has 0 saturated carbocycles. The Bertz CT molecular complexity index is 188. The average Bonchev–Trinajstić information content (AvgIpc) is 2.41. The predicted octanol–water partition coefficient (Wildman–Crippen LogP) is 4.93. The molecule has 0 spiro atoms. The van der Waals surface area contributed by atoms with Gasteiger partial charge in [-0.2, -0.15) is 18.1 Å². The Labute approximate surface area is 101 Å². The van der Waals surface area contributed by atoms with E-state index in [9.17, 15) is 44.2 Å². The fourth-order valence-corrected chi connectivity index (χ4v) is 0.0498. The van der Waals surface area contributed by atoms with Crippen molar-refractivity contribution in [3.63, 3.8) is 0 Å². The summed E-state index contributed by atoms with van der Waals surface area (Å²) in [6, 6.07) is -2.49. The summed E-state index contributed by atoms with van der Waals surface area (Å²) >= 11 is 0. The molecule has 1 unspecified atom stereocenters. The number of halogens is 10. The molecule has 2 nitrogen and oxygen atoms in total. The second-order valence-electron chi connectivity index (χ2n) is 2.02. The Kier molecular flexibility index (Phi) is 26.6. The Balaban J connectivity index is -0.0000000888. The first-order valence-corrected chi connectivity index (χ1v) is 3.76. The topological polar surface area (TPSA) is 18.5 Å². The van der Waals surface area contributed by atoms with Crippen LogP contribution in [0.15, 0.2) is 12.1 Å². The van der Waals surface area contributed by atoms with Crippen LogP contribution in [0, 0.1) is 0 Å². The third-order valence-corrected chi connectivity index (χ3v) is 0.616. The van der Waals surface area contributed by atoms with Crippen LogP contribution in [-0.4, -0.2) is 26.6 Å². The lowest BCUT2D eigenvalue weighted by Crippen LogP contribution is -2.20. The van der Waals surface area contributed by atoms with Crippen molar-refractivity contribution in [3.8, 4) is 0 Å². The van der Waals surface area contributed by atoms with E-state index in [0.717, 1.165) is 0 Å². The third kappa shape index (κ3) is 31.5. The smallest absolute Gasteiger partial charge is 0.257 e. The van der Waals surface area contributed by atoms with Crippen molar-refractivity contribution in [2.75, 3.05) is 20.8 Å². The molecule has 0 heterocycles. The average molecular weight is 316 g/mol. The van der Waals surface area contributed by atoms with Gasteiger partial charge < -0.3 is 0 Å². The van der Waals surface area contributed by atoms with E-state index < -0.39 is 31.6 Å².